The van der Waals surface area contributed by atoms with Crippen molar-refractivity contribution in [3.05, 3.63) is 30.3 Å². The maximum Gasteiger partial charge on any atom is 0.228 e. The number of amides is 1. The van der Waals surface area contributed by atoms with Crippen LogP contribution in [0.5, 0.6) is 5.75 Å². The number of benzene rings is 1. The van der Waals surface area contributed by atoms with Crippen molar-refractivity contribution in [2.75, 3.05) is 62.3 Å². The molecule has 2 aliphatic rings. The highest BCUT2D eigenvalue weighted by atomic mass is 16.5. The minimum atomic E-state index is 0.108. The van der Waals surface area contributed by atoms with Gasteiger partial charge in [0, 0.05) is 57.8 Å². The second-order valence-corrected chi connectivity index (χ2v) is 7.05. The highest BCUT2D eigenvalue weighted by Crippen LogP contribution is 2.28. The summed E-state index contributed by atoms with van der Waals surface area (Å²) in [5.74, 6) is 1.84. The Morgan fingerprint density at radius 1 is 1.00 bits per heavy atom. The van der Waals surface area contributed by atoms with Crippen molar-refractivity contribution in [3.8, 4) is 17.0 Å². The fourth-order valence-electron chi connectivity index (χ4n) is 3.55. The Morgan fingerprint density at radius 3 is 2.43 bits per heavy atom. The van der Waals surface area contributed by atoms with Gasteiger partial charge in [-0.25, -0.2) is 4.98 Å². The Hall–Kier alpha value is -2.87. The lowest BCUT2D eigenvalue weighted by Gasteiger charge is -2.35. The number of phenolic OH excluding ortho intramolecular Hbond substituents is 1. The van der Waals surface area contributed by atoms with Crippen LogP contribution >= 0.6 is 0 Å². The van der Waals surface area contributed by atoms with Crippen molar-refractivity contribution >= 4 is 17.7 Å². The van der Waals surface area contributed by atoms with Gasteiger partial charge in [-0.2, -0.15) is 4.98 Å². The zero-order valence-corrected chi connectivity index (χ0v) is 16.0. The quantitative estimate of drug-likeness (QED) is 0.857. The number of piperazine rings is 1. The number of carbonyl (C=O) groups is 1. The first-order valence-corrected chi connectivity index (χ1v) is 9.62. The van der Waals surface area contributed by atoms with E-state index in [4.69, 9.17) is 14.7 Å². The van der Waals surface area contributed by atoms with Crippen LogP contribution in [0, 0.1) is 0 Å². The van der Waals surface area contributed by atoms with Crippen LogP contribution in [-0.2, 0) is 9.53 Å². The molecule has 2 fully saturated rings. The average Bonchev–Trinajstić information content (AvgIpc) is 2.74. The maximum atomic E-state index is 11.6. The molecule has 0 bridgehead atoms. The number of aromatic nitrogens is 2. The molecule has 1 aromatic heterocycles. The third kappa shape index (κ3) is 4.01. The standard InChI is InChI=1S/C20H25N5O3/c1-15(26)23-5-7-24(8-6-23)19-14-18(16-3-2-4-17(27)13-16)21-20(22-19)25-9-11-28-12-10-25/h2-4,13-14,27H,5-12H2,1H3. The largest absolute Gasteiger partial charge is 0.508 e. The molecule has 2 aliphatic heterocycles. The molecule has 0 spiro atoms. The van der Waals surface area contributed by atoms with E-state index in [2.05, 4.69) is 9.80 Å². The number of rotatable bonds is 3. The Morgan fingerprint density at radius 2 is 1.75 bits per heavy atom. The van der Waals surface area contributed by atoms with Crippen LogP contribution in [0.15, 0.2) is 30.3 Å². The Kier molecular flexibility index (Phi) is 5.29. The van der Waals surface area contributed by atoms with Crippen LogP contribution in [-0.4, -0.2) is 78.4 Å². The first-order valence-electron chi connectivity index (χ1n) is 9.62. The summed E-state index contributed by atoms with van der Waals surface area (Å²) in [6.07, 6.45) is 0. The third-order valence-corrected chi connectivity index (χ3v) is 5.19. The molecule has 28 heavy (non-hydrogen) atoms. The van der Waals surface area contributed by atoms with Crippen LogP contribution in [0.25, 0.3) is 11.3 Å². The van der Waals surface area contributed by atoms with E-state index in [1.165, 1.54) is 0 Å². The van der Waals surface area contributed by atoms with E-state index < -0.39 is 0 Å². The van der Waals surface area contributed by atoms with E-state index in [9.17, 15) is 9.90 Å². The van der Waals surface area contributed by atoms with Gasteiger partial charge in [-0.1, -0.05) is 12.1 Å². The van der Waals surface area contributed by atoms with Crippen LogP contribution < -0.4 is 9.80 Å². The highest BCUT2D eigenvalue weighted by Gasteiger charge is 2.23. The molecule has 1 N–H and O–H groups in total. The number of aromatic hydroxyl groups is 1. The summed E-state index contributed by atoms with van der Waals surface area (Å²) in [5.41, 5.74) is 1.62. The lowest BCUT2D eigenvalue weighted by Crippen LogP contribution is -2.48. The number of ether oxygens (including phenoxy) is 1. The molecule has 8 heteroatoms. The lowest BCUT2D eigenvalue weighted by atomic mass is 10.1. The summed E-state index contributed by atoms with van der Waals surface area (Å²) in [7, 11) is 0. The number of hydrogen-bond donors (Lipinski definition) is 1. The summed E-state index contributed by atoms with van der Waals surface area (Å²) >= 11 is 0. The molecule has 148 valence electrons. The van der Waals surface area contributed by atoms with Crippen molar-refractivity contribution in [2.24, 2.45) is 0 Å². The summed E-state index contributed by atoms with van der Waals surface area (Å²) < 4.78 is 5.45. The van der Waals surface area contributed by atoms with Gasteiger partial charge in [0.25, 0.3) is 0 Å². The minimum absolute atomic E-state index is 0.108. The fraction of sp³-hybridized carbons (Fsp3) is 0.450. The van der Waals surface area contributed by atoms with Crippen molar-refractivity contribution in [1.82, 2.24) is 14.9 Å². The molecular weight excluding hydrogens is 358 g/mol. The van der Waals surface area contributed by atoms with Crippen LogP contribution in [0.3, 0.4) is 0 Å². The second kappa shape index (κ2) is 8.02. The Labute approximate surface area is 164 Å². The smallest absolute Gasteiger partial charge is 0.228 e. The van der Waals surface area contributed by atoms with Gasteiger partial charge in [-0.05, 0) is 12.1 Å². The van der Waals surface area contributed by atoms with Crippen molar-refractivity contribution in [2.45, 2.75) is 6.92 Å². The first-order chi connectivity index (χ1) is 13.6. The number of anilines is 2. The molecule has 0 radical (unpaired) electrons. The summed E-state index contributed by atoms with van der Waals surface area (Å²) in [6.45, 7) is 7.27. The van der Waals surface area contributed by atoms with Gasteiger partial charge in [0.15, 0.2) is 0 Å². The number of phenols is 1. The zero-order chi connectivity index (χ0) is 19.5. The molecule has 0 atom stereocenters. The van der Waals surface area contributed by atoms with Crippen LogP contribution in [0.1, 0.15) is 6.92 Å². The lowest BCUT2D eigenvalue weighted by molar-refractivity contribution is -0.129. The van der Waals surface area contributed by atoms with E-state index in [-0.39, 0.29) is 11.7 Å². The first kappa shape index (κ1) is 18.5. The summed E-state index contributed by atoms with van der Waals surface area (Å²) in [5, 5.41) is 9.87. The number of hydrogen-bond acceptors (Lipinski definition) is 7. The molecular formula is C20H25N5O3. The summed E-state index contributed by atoms with van der Waals surface area (Å²) in [6, 6.07) is 9.07. The third-order valence-electron chi connectivity index (χ3n) is 5.19. The fourth-order valence-corrected chi connectivity index (χ4v) is 3.55. The number of carbonyl (C=O) groups excluding carboxylic acids is 1. The van der Waals surface area contributed by atoms with Gasteiger partial charge in [0.1, 0.15) is 11.6 Å². The van der Waals surface area contributed by atoms with E-state index in [1.54, 1.807) is 19.1 Å². The van der Waals surface area contributed by atoms with Crippen molar-refractivity contribution < 1.29 is 14.6 Å². The van der Waals surface area contributed by atoms with Gasteiger partial charge < -0.3 is 24.5 Å². The van der Waals surface area contributed by atoms with E-state index in [0.29, 0.717) is 32.3 Å². The van der Waals surface area contributed by atoms with E-state index in [1.807, 2.05) is 23.1 Å². The molecule has 3 heterocycles. The Bertz CT molecular complexity index is 845. The van der Waals surface area contributed by atoms with Crippen LogP contribution in [0.4, 0.5) is 11.8 Å². The van der Waals surface area contributed by atoms with Crippen molar-refractivity contribution in [1.29, 1.82) is 0 Å². The van der Waals surface area contributed by atoms with E-state index >= 15 is 0 Å². The van der Waals surface area contributed by atoms with Gasteiger partial charge >= 0.3 is 0 Å². The van der Waals surface area contributed by atoms with E-state index in [0.717, 1.165) is 43.3 Å². The average molecular weight is 383 g/mol. The molecule has 0 saturated carbocycles. The highest BCUT2D eigenvalue weighted by molar-refractivity contribution is 5.73. The molecule has 8 nitrogen and oxygen atoms in total. The molecule has 0 aliphatic carbocycles. The monoisotopic (exact) mass is 383 g/mol. The predicted molar refractivity (Wildman–Crippen MR) is 107 cm³/mol. The minimum Gasteiger partial charge on any atom is -0.508 e. The van der Waals surface area contributed by atoms with Crippen molar-refractivity contribution in [3.63, 3.8) is 0 Å². The normalized spacial score (nSPS) is 17.7. The number of morpholine rings is 1. The maximum absolute atomic E-state index is 11.6. The predicted octanol–water partition coefficient (Wildman–Crippen LogP) is 1.35. The topological polar surface area (TPSA) is 82.0 Å². The SMILES string of the molecule is CC(=O)N1CCN(c2cc(-c3cccc(O)c3)nc(N3CCOCC3)n2)CC1. The molecule has 0 unspecified atom stereocenters. The number of nitrogens with zero attached hydrogens (tertiary/aromatic N) is 5. The zero-order valence-electron chi connectivity index (χ0n) is 16.0. The molecule has 1 amide bonds. The Balaban J connectivity index is 1.67. The molecule has 2 aromatic rings. The molecule has 1 aromatic carbocycles. The van der Waals surface area contributed by atoms with Crippen LogP contribution in [0.2, 0.25) is 0 Å². The van der Waals surface area contributed by atoms with Gasteiger partial charge in [-0.3, -0.25) is 4.79 Å². The second-order valence-electron chi connectivity index (χ2n) is 7.05. The van der Waals surface area contributed by atoms with Gasteiger partial charge in [0.05, 0.1) is 18.9 Å². The summed E-state index contributed by atoms with van der Waals surface area (Å²) in [4.78, 5) is 27.4. The molecule has 4 rings (SSSR count). The van der Waals surface area contributed by atoms with Gasteiger partial charge in [-0.15, -0.1) is 0 Å². The molecule has 2 saturated heterocycles. The van der Waals surface area contributed by atoms with Gasteiger partial charge in [0.2, 0.25) is 11.9 Å².